The monoisotopic (exact) mass is 300 g/mol. The minimum absolute atomic E-state index is 0.0994. The van der Waals surface area contributed by atoms with E-state index in [1.54, 1.807) is 7.11 Å². The molecule has 10 nitrogen and oxygen atoms in total. The summed E-state index contributed by atoms with van der Waals surface area (Å²) in [6.07, 6.45) is -0.798. The summed E-state index contributed by atoms with van der Waals surface area (Å²) in [5.41, 5.74) is 4.80. The van der Waals surface area contributed by atoms with Gasteiger partial charge >= 0.3 is 5.69 Å². The molecule has 2 aliphatic rings. The standard InChI is InChI=1S/C11H16N4O6/c1-17-3-5-6-7(21-11(18-2)20-6)8(19-5)15-4-13-9(12)14-10(15)16/h4-8,11H,3H2,1-2H3,(H2,12,14,16). The summed E-state index contributed by atoms with van der Waals surface area (Å²) in [5, 5.41) is 0. The zero-order valence-corrected chi connectivity index (χ0v) is 11.5. The normalized spacial score (nSPS) is 35.0. The first-order valence-corrected chi connectivity index (χ1v) is 6.33. The van der Waals surface area contributed by atoms with Crippen LogP contribution in [0.1, 0.15) is 6.23 Å². The fourth-order valence-corrected chi connectivity index (χ4v) is 2.47. The Kier molecular flexibility index (Phi) is 3.87. The Labute approximate surface area is 119 Å². The van der Waals surface area contributed by atoms with Gasteiger partial charge < -0.3 is 29.4 Å². The molecule has 1 aromatic heterocycles. The molecule has 116 valence electrons. The number of anilines is 1. The molecule has 5 atom stereocenters. The van der Waals surface area contributed by atoms with E-state index < -0.39 is 36.7 Å². The van der Waals surface area contributed by atoms with Gasteiger partial charge in [-0.2, -0.15) is 4.98 Å². The number of rotatable bonds is 4. The average molecular weight is 300 g/mol. The molecule has 3 rings (SSSR count). The summed E-state index contributed by atoms with van der Waals surface area (Å²) >= 11 is 0. The Hall–Kier alpha value is -1.59. The van der Waals surface area contributed by atoms with Crippen molar-refractivity contribution < 1.29 is 23.7 Å². The quantitative estimate of drug-likeness (QED) is 0.706. The lowest BCUT2D eigenvalue weighted by Gasteiger charge is -2.20. The van der Waals surface area contributed by atoms with Crippen molar-refractivity contribution in [3.63, 3.8) is 0 Å². The number of methoxy groups -OCH3 is 2. The van der Waals surface area contributed by atoms with Gasteiger partial charge in [-0.15, -0.1) is 0 Å². The van der Waals surface area contributed by atoms with Gasteiger partial charge in [-0.05, 0) is 0 Å². The molecule has 2 saturated heterocycles. The van der Waals surface area contributed by atoms with Crippen molar-refractivity contribution >= 4 is 5.95 Å². The lowest BCUT2D eigenvalue weighted by Crippen LogP contribution is -2.35. The fraction of sp³-hybridized carbons (Fsp3) is 0.727. The van der Waals surface area contributed by atoms with Crippen molar-refractivity contribution in [2.75, 3.05) is 26.6 Å². The lowest BCUT2D eigenvalue weighted by molar-refractivity contribution is -0.257. The molecule has 1 aromatic rings. The van der Waals surface area contributed by atoms with Gasteiger partial charge in [0.05, 0.1) is 6.61 Å². The van der Waals surface area contributed by atoms with E-state index in [4.69, 9.17) is 29.4 Å². The lowest BCUT2D eigenvalue weighted by atomic mass is 10.1. The molecule has 21 heavy (non-hydrogen) atoms. The van der Waals surface area contributed by atoms with Crippen LogP contribution < -0.4 is 11.4 Å². The van der Waals surface area contributed by atoms with E-state index in [1.807, 2.05) is 0 Å². The van der Waals surface area contributed by atoms with Gasteiger partial charge in [-0.25, -0.2) is 9.78 Å². The third-order valence-electron chi connectivity index (χ3n) is 3.37. The molecule has 5 unspecified atom stereocenters. The second-order valence-corrected chi connectivity index (χ2v) is 4.65. The highest BCUT2D eigenvalue weighted by Crippen LogP contribution is 2.38. The number of nitrogens with two attached hydrogens (primary N) is 1. The first kappa shape index (κ1) is 14.4. The molecule has 2 fully saturated rings. The minimum Gasteiger partial charge on any atom is -0.382 e. The van der Waals surface area contributed by atoms with Gasteiger partial charge in [0.15, 0.2) is 6.23 Å². The first-order chi connectivity index (χ1) is 10.1. The number of ether oxygens (including phenoxy) is 5. The Balaban J connectivity index is 1.89. The van der Waals surface area contributed by atoms with Crippen molar-refractivity contribution in [1.29, 1.82) is 0 Å². The van der Waals surface area contributed by atoms with Crippen LogP contribution in [0.5, 0.6) is 0 Å². The molecule has 0 saturated carbocycles. The molecule has 0 radical (unpaired) electrons. The van der Waals surface area contributed by atoms with Crippen LogP contribution in [0, 0.1) is 0 Å². The van der Waals surface area contributed by atoms with Crippen LogP contribution in [0.4, 0.5) is 5.95 Å². The van der Waals surface area contributed by atoms with E-state index in [1.165, 1.54) is 18.0 Å². The van der Waals surface area contributed by atoms with Crippen molar-refractivity contribution in [3.05, 3.63) is 16.8 Å². The average Bonchev–Trinajstić information content (AvgIpc) is 3.00. The highest BCUT2D eigenvalue weighted by Gasteiger charge is 2.54. The summed E-state index contributed by atoms with van der Waals surface area (Å²) in [6.45, 7) is -0.515. The first-order valence-electron chi connectivity index (χ1n) is 6.33. The van der Waals surface area contributed by atoms with Crippen LogP contribution >= 0.6 is 0 Å². The number of aromatic nitrogens is 3. The third kappa shape index (κ3) is 2.51. The summed E-state index contributed by atoms with van der Waals surface area (Å²) in [7, 11) is 3.01. The molecule has 2 aliphatic heterocycles. The van der Waals surface area contributed by atoms with Gasteiger partial charge in [0.25, 0.3) is 6.48 Å². The molecule has 3 heterocycles. The molecule has 0 amide bonds. The second kappa shape index (κ2) is 5.66. The maximum atomic E-state index is 11.9. The Morgan fingerprint density at radius 3 is 2.76 bits per heavy atom. The third-order valence-corrected chi connectivity index (χ3v) is 3.37. The molecule has 10 heteroatoms. The van der Waals surface area contributed by atoms with Crippen molar-refractivity contribution in [2.24, 2.45) is 0 Å². The SMILES string of the molecule is COCC1OC(n2cnc(N)nc2=O)C2OC(OC)OC12. The minimum atomic E-state index is -0.809. The zero-order chi connectivity index (χ0) is 15.0. The summed E-state index contributed by atoms with van der Waals surface area (Å²) in [4.78, 5) is 19.3. The van der Waals surface area contributed by atoms with Crippen LogP contribution in [-0.2, 0) is 23.7 Å². The summed E-state index contributed by atoms with van der Waals surface area (Å²) in [5.74, 6) is -0.0994. The number of hydrogen-bond acceptors (Lipinski definition) is 9. The van der Waals surface area contributed by atoms with Crippen LogP contribution in [-0.4, -0.2) is 60.1 Å². The van der Waals surface area contributed by atoms with Crippen LogP contribution in [0.3, 0.4) is 0 Å². The number of fused-ring (bicyclic) bond motifs is 1. The van der Waals surface area contributed by atoms with Gasteiger partial charge in [-0.1, -0.05) is 0 Å². The van der Waals surface area contributed by atoms with E-state index in [0.29, 0.717) is 6.61 Å². The van der Waals surface area contributed by atoms with Crippen molar-refractivity contribution in [2.45, 2.75) is 31.0 Å². The van der Waals surface area contributed by atoms with Crippen molar-refractivity contribution in [1.82, 2.24) is 14.5 Å². The van der Waals surface area contributed by atoms with Gasteiger partial charge in [0, 0.05) is 14.2 Å². The maximum Gasteiger partial charge on any atom is 0.354 e. The number of nitrogens with zero attached hydrogens (tertiary/aromatic N) is 3. The van der Waals surface area contributed by atoms with E-state index in [0.717, 1.165) is 0 Å². The summed E-state index contributed by atoms with van der Waals surface area (Å²) < 4.78 is 28.3. The zero-order valence-electron chi connectivity index (χ0n) is 11.5. The van der Waals surface area contributed by atoms with Gasteiger partial charge in [0.1, 0.15) is 24.6 Å². The van der Waals surface area contributed by atoms with Crippen molar-refractivity contribution in [3.8, 4) is 0 Å². The second-order valence-electron chi connectivity index (χ2n) is 4.65. The van der Waals surface area contributed by atoms with Gasteiger partial charge in [0.2, 0.25) is 5.95 Å². The summed E-state index contributed by atoms with van der Waals surface area (Å²) in [6, 6.07) is 0. The van der Waals surface area contributed by atoms with Crippen LogP contribution in [0.15, 0.2) is 11.1 Å². The predicted molar refractivity (Wildman–Crippen MR) is 67.0 cm³/mol. The molecular formula is C11H16N4O6. The van der Waals surface area contributed by atoms with Gasteiger partial charge in [-0.3, -0.25) is 4.57 Å². The molecule has 0 aliphatic carbocycles. The predicted octanol–water partition coefficient (Wildman–Crippen LogP) is -1.52. The van der Waals surface area contributed by atoms with Crippen LogP contribution in [0.2, 0.25) is 0 Å². The number of nitrogen functional groups attached to an aromatic ring is 1. The maximum absolute atomic E-state index is 11.9. The topological polar surface area (TPSA) is 120 Å². The van der Waals surface area contributed by atoms with Crippen LogP contribution in [0.25, 0.3) is 0 Å². The molecule has 0 aromatic carbocycles. The smallest absolute Gasteiger partial charge is 0.354 e. The number of hydrogen-bond donors (Lipinski definition) is 1. The Morgan fingerprint density at radius 1 is 1.33 bits per heavy atom. The Morgan fingerprint density at radius 2 is 2.10 bits per heavy atom. The highest BCUT2D eigenvalue weighted by atomic mass is 16.9. The van der Waals surface area contributed by atoms with E-state index >= 15 is 0 Å². The largest absolute Gasteiger partial charge is 0.382 e. The molecule has 0 spiro atoms. The van der Waals surface area contributed by atoms with E-state index in [2.05, 4.69) is 9.97 Å². The van der Waals surface area contributed by atoms with E-state index in [-0.39, 0.29) is 5.95 Å². The molecular weight excluding hydrogens is 284 g/mol. The molecule has 0 bridgehead atoms. The fourth-order valence-electron chi connectivity index (χ4n) is 2.47. The van der Waals surface area contributed by atoms with E-state index in [9.17, 15) is 4.79 Å². The molecule has 2 N–H and O–H groups in total. The highest BCUT2D eigenvalue weighted by molar-refractivity contribution is 5.10. The Bertz CT molecular complexity index is 566.